The van der Waals surface area contributed by atoms with Gasteiger partial charge in [0.25, 0.3) is 5.91 Å². The van der Waals surface area contributed by atoms with Gasteiger partial charge in [0.2, 0.25) is 0 Å². The van der Waals surface area contributed by atoms with Crippen LogP contribution < -0.4 is 10.9 Å². The molecule has 1 fully saturated rings. The van der Waals surface area contributed by atoms with Crippen LogP contribution in [0.15, 0.2) is 30.3 Å². The van der Waals surface area contributed by atoms with Crippen molar-refractivity contribution in [3.63, 3.8) is 0 Å². The molecule has 98 valence electrons. The molecule has 1 aliphatic heterocycles. The highest BCUT2D eigenvalue weighted by molar-refractivity contribution is 5.80. The Bertz CT molecular complexity index is 381. The molecule has 0 bridgehead atoms. The minimum absolute atomic E-state index is 0.188. The van der Waals surface area contributed by atoms with E-state index in [1.165, 1.54) is 5.56 Å². The fourth-order valence-electron chi connectivity index (χ4n) is 2.25. The van der Waals surface area contributed by atoms with Gasteiger partial charge in [-0.15, -0.1) is 0 Å². The maximum Gasteiger partial charge on any atom is 0.262 e. The lowest BCUT2D eigenvalue weighted by Crippen LogP contribution is -2.55. The van der Waals surface area contributed by atoms with Crippen LogP contribution in [0.2, 0.25) is 0 Å². The van der Waals surface area contributed by atoms with Crippen molar-refractivity contribution in [3.05, 3.63) is 35.9 Å². The van der Waals surface area contributed by atoms with Crippen LogP contribution in [-0.4, -0.2) is 23.2 Å². The zero-order valence-corrected chi connectivity index (χ0v) is 10.4. The van der Waals surface area contributed by atoms with Crippen molar-refractivity contribution in [2.75, 3.05) is 0 Å². The third kappa shape index (κ3) is 3.82. The fourth-order valence-corrected chi connectivity index (χ4v) is 2.25. The molecule has 2 rings (SSSR count). The third-order valence-corrected chi connectivity index (χ3v) is 3.32. The largest absolute Gasteiger partial charge is 0.383 e. The van der Waals surface area contributed by atoms with Crippen molar-refractivity contribution in [1.82, 2.24) is 10.9 Å². The molecule has 2 atom stereocenters. The molecule has 18 heavy (non-hydrogen) atoms. The fraction of sp³-hybridized carbons (Fsp3) is 0.500. The van der Waals surface area contributed by atoms with Crippen LogP contribution in [0.3, 0.4) is 0 Å². The summed E-state index contributed by atoms with van der Waals surface area (Å²) in [5.41, 5.74) is 6.80. The Hall–Kier alpha value is -1.39. The maximum atomic E-state index is 11.0. The second-order valence-corrected chi connectivity index (χ2v) is 4.81. The van der Waals surface area contributed by atoms with E-state index in [0.717, 1.165) is 25.7 Å². The first-order valence-electron chi connectivity index (χ1n) is 6.53. The SMILES string of the molecule is O=C1NNC(CCCCc2ccccc2)CC1O. The highest BCUT2D eigenvalue weighted by Crippen LogP contribution is 2.12. The van der Waals surface area contributed by atoms with Crippen LogP contribution in [0.1, 0.15) is 31.2 Å². The predicted octanol–water partition coefficient (Wildman–Crippen LogP) is 1.15. The van der Waals surface area contributed by atoms with E-state index in [0.29, 0.717) is 6.42 Å². The highest BCUT2D eigenvalue weighted by Gasteiger charge is 2.25. The number of benzene rings is 1. The van der Waals surface area contributed by atoms with Gasteiger partial charge in [-0.3, -0.25) is 10.2 Å². The molecule has 1 heterocycles. The molecular formula is C14H20N2O2. The van der Waals surface area contributed by atoms with E-state index in [9.17, 15) is 9.90 Å². The van der Waals surface area contributed by atoms with Gasteiger partial charge in [-0.05, 0) is 31.2 Å². The molecule has 2 unspecified atom stereocenters. The number of amides is 1. The number of carbonyl (C=O) groups is 1. The lowest BCUT2D eigenvalue weighted by molar-refractivity contribution is -0.134. The van der Waals surface area contributed by atoms with E-state index >= 15 is 0 Å². The molecule has 0 saturated carbocycles. The van der Waals surface area contributed by atoms with E-state index in [2.05, 4.69) is 35.1 Å². The summed E-state index contributed by atoms with van der Waals surface area (Å²) in [5, 5.41) is 9.43. The van der Waals surface area contributed by atoms with Gasteiger partial charge < -0.3 is 5.11 Å². The molecule has 0 aliphatic carbocycles. The zero-order chi connectivity index (χ0) is 12.8. The average molecular weight is 248 g/mol. The standard InChI is InChI=1S/C14H20N2O2/c17-13-10-12(15-16-14(13)18)9-5-4-8-11-6-2-1-3-7-11/h1-3,6-7,12-13,15,17H,4-5,8-10H2,(H,16,18). The van der Waals surface area contributed by atoms with Crippen molar-refractivity contribution in [2.45, 2.75) is 44.2 Å². The Morgan fingerprint density at radius 2 is 2.00 bits per heavy atom. The van der Waals surface area contributed by atoms with E-state index in [-0.39, 0.29) is 11.9 Å². The Morgan fingerprint density at radius 1 is 1.22 bits per heavy atom. The molecular weight excluding hydrogens is 228 g/mol. The van der Waals surface area contributed by atoms with Crippen LogP contribution in [0.4, 0.5) is 0 Å². The first kappa shape index (κ1) is 13.1. The quantitative estimate of drug-likeness (QED) is 0.685. The van der Waals surface area contributed by atoms with Crippen LogP contribution >= 0.6 is 0 Å². The van der Waals surface area contributed by atoms with Crippen molar-refractivity contribution < 1.29 is 9.90 Å². The number of hydrazine groups is 1. The molecule has 0 aromatic heterocycles. The Balaban J connectivity index is 1.63. The molecule has 4 nitrogen and oxygen atoms in total. The van der Waals surface area contributed by atoms with E-state index in [1.807, 2.05) is 6.07 Å². The lowest BCUT2D eigenvalue weighted by atomic mass is 9.99. The number of nitrogens with one attached hydrogen (secondary N) is 2. The van der Waals surface area contributed by atoms with E-state index in [1.54, 1.807) is 0 Å². The second-order valence-electron chi connectivity index (χ2n) is 4.81. The molecule has 1 aromatic carbocycles. The normalized spacial score (nSPS) is 23.7. The van der Waals surface area contributed by atoms with Gasteiger partial charge >= 0.3 is 0 Å². The van der Waals surface area contributed by atoms with Crippen molar-refractivity contribution >= 4 is 5.91 Å². The summed E-state index contributed by atoms with van der Waals surface area (Å²) in [6.07, 6.45) is 3.94. The number of rotatable bonds is 5. The Kier molecular flexibility index (Phi) is 4.73. The molecule has 1 amide bonds. The summed E-state index contributed by atoms with van der Waals surface area (Å²) >= 11 is 0. The van der Waals surface area contributed by atoms with E-state index in [4.69, 9.17) is 0 Å². The van der Waals surface area contributed by atoms with Gasteiger partial charge in [-0.1, -0.05) is 36.8 Å². The molecule has 1 aromatic rings. The van der Waals surface area contributed by atoms with Gasteiger partial charge in [0.15, 0.2) is 0 Å². The van der Waals surface area contributed by atoms with E-state index < -0.39 is 6.10 Å². The Morgan fingerprint density at radius 3 is 2.72 bits per heavy atom. The van der Waals surface area contributed by atoms with Gasteiger partial charge in [0, 0.05) is 6.04 Å². The summed E-state index contributed by atoms with van der Waals surface area (Å²) in [7, 11) is 0. The number of aliphatic hydroxyl groups is 1. The number of carbonyl (C=O) groups excluding carboxylic acids is 1. The summed E-state index contributed by atoms with van der Waals surface area (Å²) in [6, 6.07) is 10.6. The Labute approximate surface area is 107 Å². The van der Waals surface area contributed by atoms with Gasteiger partial charge in [0.1, 0.15) is 6.10 Å². The number of hydrogen-bond donors (Lipinski definition) is 3. The third-order valence-electron chi connectivity index (χ3n) is 3.32. The second kappa shape index (κ2) is 6.52. The van der Waals surface area contributed by atoms with Crippen molar-refractivity contribution in [1.29, 1.82) is 0 Å². The van der Waals surface area contributed by atoms with Crippen LogP contribution in [0.25, 0.3) is 0 Å². The smallest absolute Gasteiger partial charge is 0.262 e. The first-order chi connectivity index (χ1) is 8.75. The molecule has 1 saturated heterocycles. The minimum Gasteiger partial charge on any atom is -0.383 e. The highest BCUT2D eigenvalue weighted by atomic mass is 16.3. The lowest BCUT2D eigenvalue weighted by Gasteiger charge is -2.27. The first-order valence-corrected chi connectivity index (χ1v) is 6.53. The topological polar surface area (TPSA) is 61.4 Å². The molecule has 1 aliphatic rings. The summed E-state index contributed by atoms with van der Waals surface area (Å²) in [4.78, 5) is 11.0. The number of hydrogen-bond acceptors (Lipinski definition) is 3. The molecule has 3 N–H and O–H groups in total. The van der Waals surface area contributed by atoms with Crippen molar-refractivity contribution in [2.24, 2.45) is 0 Å². The zero-order valence-electron chi connectivity index (χ0n) is 10.4. The minimum atomic E-state index is -0.856. The molecule has 0 radical (unpaired) electrons. The summed E-state index contributed by atoms with van der Waals surface area (Å²) in [5.74, 6) is -0.324. The number of aryl methyl sites for hydroxylation is 1. The van der Waals surface area contributed by atoms with Gasteiger partial charge in [-0.2, -0.15) is 0 Å². The molecule has 0 spiro atoms. The summed E-state index contributed by atoms with van der Waals surface area (Å²) in [6.45, 7) is 0. The monoisotopic (exact) mass is 248 g/mol. The average Bonchev–Trinajstić information content (AvgIpc) is 2.40. The number of aliphatic hydroxyl groups excluding tert-OH is 1. The molecule has 4 heteroatoms. The van der Waals surface area contributed by atoms with Crippen LogP contribution in [0, 0.1) is 0 Å². The van der Waals surface area contributed by atoms with Gasteiger partial charge in [-0.25, -0.2) is 5.43 Å². The summed E-state index contributed by atoms with van der Waals surface area (Å²) < 4.78 is 0. The van der Waals surface area contributed by atoms with Crippen LogP contribution in [0.5, 0.6) is 0 Å². The maximum absolute atomic E-state index is 11.0. The van der Waals surface area contributed by atoms with Crippen LogP contribution in [-0.2, 0) is 11.2 Å². The number of unbranched alkanes of at least 4 members (excludes halogenated alkanes) is 1. The predicted molar refractivity (Wildman–Crippen MR) is 69.7 cm³/mol. The van der Waals surface area contributed by atoms with Gasteiger partial charge in [0.05, 0.1) is 0 Å². The van der Waals surface area contributed by atoms with Crippen molar-refractivity contribution in [3.8, 4) is 0 Å².